The van der Waals surface area contributed by atoms with Crippen molar-refractivity contribution >= 4 is 39.2 Å². The molecule has 1 aliphatic rings. The molecular weight excluding hydrogens is 524 g/mol. The topological polar surface area (TPSA) is 27.8 Å². The number of hydrogen-bond acceptors (Lipinski definition) is 1. The standard InChI is InChI=1S/C26H24F3IN2/c1-17(31-12-11-21-16-32-25-10-9-23(30)15-24(21)25)20-4-2-3-19(14-20)13-18-5-7-22(8-6-18)26(27,28)29/h2-5,7-10,14-16,18,31-32H,1,6,11-13H2. The van der Waals surface area contributed by atoms with Crippen LogP contribution in [-0.4, -0.2) is 17.7 Å². The Morgan fingerprint density at radius 1 is 1.19 bits per heavy atom. The van der Waals surface area contributed by atoms with Gasteiger partial charge < -0.3 is 10.3 Å². The molecule has 166 valence electrons. The molecule has 6 heteroatoms. The SMILES string of the molecule is C=C(NCCc1c[nH]c2ccc(I)cc12)c1cccc(CC2C=CC(C(F)(F)F)=CC2)c1. The van der Waals surface area contributed by atoms with E-state index in [9.17, 15) is 13.2 Å². The van der Waals surface area contributed by atoms with E-state index < -0.39 is 11.7 Å². The molecule has 0 saturated heterocycles. The highest BCUT2D eigenvalue weighted by Crippen LogP contribution is 2.32. The molecule has 0 saturated carbocycles. The largest absolute Gasteiger partial charge is 0.416 e. The Morgan fingerprint density at radius 2 is 2.03 bits per heavy atom. The fourth-order valence-electron chi connectivity index (χ4n) is 4.02. The first-order valence-corrected chi connectivity index (χ1v) is 11.6. The maximum atomic E-state index is 12.8. The minimum atomic E-state index is -4.27. The van der Waals surface area contributed by atoms with Gasteiger partial charge in [-0.3, -0.25) is 0 Å². The molecule has 0 aliphatic heterocycles. The maximum absolute atomic E-state index is 12.8. The lowest BCUT2D eigenvalue weighted by Crippen LogP contribution is -2.15. The van der Waals surface area contributed by atoms with Crippen LogP contribution in [0, 0.1) is 9.49 Å². The van der Waals surface area contributed by atoms with E-state index in [4.69, 9.17) is 0 Å². The van der Waals surface area contributed by atoms with Crippen molar-refractivity contribution in [2.24, 2.45) is 5.92 Å². The van der Waals surface area contributed by atoms with E-state index in [1.165, 1.54) is 26.7 Å². The van der Waals surface area contributed by atoms with Gasteiger partial charge in [0.05, 0.1) is 5.57 Å². The number of hydrogen-bond donors (Lipinski definition) is 2. The number of aromatic nitrogens is 1. The number of benzene rings is 2. The molecule has 1 aliphatic carbocycles. The summed E-state index contributed by atoms with van der Waals surface area (Å²) in [5.74, 6) is 0.0715. The van der Waals surface area contributed by atoms with E-state index in [1.54, 1.807) is 6.08 Å². The molecule has 32 heavy (non-hydrogen) atoms. The Labute approximate surface area is 199 Å². The van der Waals surface area contributed by atoms with Crippen LogP contribution in [0.25, 0.3) is 16.6 Å². The Morgan fingerprint density at radius 3 is 2.78 bits per heavy atom. The molecule has 0 fully saturated rings. The summed E-state index contributed by atoms with van der Waals surface area (Å²) in [4.78, 5) is 3.32. The summed E-state index contributed by atoms with van der Waals surface area (Å²) >= 11 is 2.32. The fourth-order valence-corrected chi connectivity index (χ4v) is 4.51. The zero-order valence-corrected chi connectivity index (χ0v) is 19.6. The van der Waals surface area contributed by atoms with E-state index in [-0.39, 0.29) is 5.92 Å². The summed E-state index contributed by atoms with van der Waals surface area (Å²) in [6, 6.07) is 14.4. The monoisotopic (exact) mass is 548 g/mol. The molecule has 1 aromatic heterocycles. The number of H-pyrrole nitrogens is 1. The minimum absolute atomic E-state index is 0.0715. The van der Waals surface area contributed by atoms with Crippen molar-refractivity contribution in [2.45, 2.75) is 25.4 Å². The fraction of sp³-hybridized carbons (Fsp3) is 0.231. The smallest absolute Gasteiger partial charge is 0.385 e. The number of fused-ring (bicyclic) bond motifs is 1. The third-order valence-corrected chi connectivity index (χ3v) is 6.42. The predicted molar refractivity (Wildman–Crippen MR) is 133 cm³/mol. The Kier molecular flexibility index (Phi) is 6.79. The number of nitrogens with one attached hydrogen (secondary N) is 2. The summed E-state index contributed by atoms with van der Waals surface area (Å²) in [5, 5.41) is 4.66. The second kappa shape index (κ2) is 9.57. The first-order chi connectivity index (χ1) is 15.3. The second-order valence-electron chi connectivity index (χ2n) is 8.08. The van der Waals surface area contributed by atoms with Crippen LogP contribution in [-0.2, 0) is 12.8 Å². The Balaban J connectivity index is 1.33. The molecule has 1 atom stereocenters. The van der Waals surface area contributed by atoms with Crippen LogP contribution in [0.2, 0.25) is 0 Å². The van der Waals surface area contributed by atoms with Crippen molar-refractivity contribution in [3.05, 3.63) is 99.3 Å². The quantitative estimate of drug-likeness (QED) is 0.301. The highest BCUT2D eigenvalue weighted by molar-refractivity contribution is 14.1. The van der Waals surface area contributed by atoms with Gasteiger partial charge in [0.1, 0.15) is 0 Å². The molecule has 2 N–H and O–H groups in total. The van der Waals surface area contributed by atoms with Crippen molar-refractivity contribution in [3.8, 4) is 0 Å². The van der Waals surface area contributed by atoms with Crippen LogP contribution < -0.4 is 5.32 Å². The highest BCUT2D eigenvalue weighted by atomic mass is 127. The molecule has 2 aromatic carbocycles. The normalized spacial score (nSPS) is 16.2. The second-order valence-corrected chi connectivity index (χ2v) is 9.32. The highest BCUT2D eigenvalue weighted by Gasteiger charge is 2.32. The van der Waals surface area contributed by atoms with Crippen LogP contribution in [0.1, 0.15) is 23.1 Å². The van der Waals surface area contributed by atoms with E-state index in [2.05, 4.69) is 69.9 Å². The van der Waals surface area contributed by atoms with Gasteiger partial charge in [-0.15, -0.1) is 0 Å². The van der Waals surface area contributed by atoms with Crippen molar-refractivity contribution in [1.29, 1.82) is 0 Å². The molecule has 0 spiro atoms. The molecule has 1 heterocycles. The molecule has 0 amide bonds. The van der Waals surface area contributed by atoms with E-state index in [1.807, 2.05) is 18.2 Å². The van der Waals surface area contributed by atoms with Crippen molar-refractivity contribution < 1.29 is 13.2 Å². The average molecular weight is 548 g/mol. The van der Waals surface area contributed by atoms with Gasteiger partial charge >= 0.3 is 6.18 Å². The Bertz CT molecular complexity index is 1190. The van der Waals surface area contributed by atoms with Gasteiger partial charge in [0.25, 0.3) is 0 Å². The van der Waals surface area contributed by atoms with E-state index in [0.29, 0.717) is 12.8 Å². The van der Waals surface area contributed by atoms with Gasteiger partial charge in [-0.1, -0.05) is 43.0 Å². The third-order valence-electron chi connectivity index (χ3n) is 5.75. The summed E-state index contributed by atoms with van der Waals surface area (Å²) in [6.07, 6.45) is 3.93. The summed E-state index contributed by atoms with van der Waals surface area (Å²) in [6.45, 7) is 4.94. The molecule has 0 bridgehead atoms. The summed E-state index contributed by atoms with van der Waals surface area (Å²) in [5.41, 5.74) is 4.80. The summed E-state index contributed by atoms with van der Waals surface area (Å²) in [7, 11) is 0. The minimum Gasteiger partial charge on any atom is -0.385 e. The molecule has 0 radical (unpaired) electrons. The van der Waals surface area contributed by atoms with Gasteiger partial charge in [0, 0.05) is 32.9 Å². The molecule has 4 rings (SSSR count). The van der Waals surface area contributed by atoms with Crippen molar-refractivity contribution in [3.63, 3.8) is 0 Å². The first-order valence-electron chi connectivity index (χ1n) is 10.5. The molecule has 1 unspecified atom stereocenters. The molecular formula is C26H24F3IN2. The zero-order valence-electron chi connectivity index (χ0n) is 17.5. The lowest BCUT2D eigenvalue weighted by molar-refractivity contribution is -0.0887. The van der Waals surface area contributed by atoms with Crippen LogP contribution in [0.5, 0.6) is 0 Å². The van der Waals surface area contributed by atoms with E-state index >= 15 is 0 Å². The van der Waals surface area contributed by atoms with Gasteiger partial charge in [0.2, 0.25) is 0 Å². The van der Waals surface area contributed by atoms with Crippen molar-refractivity contribution in [2.75, 3.05) is 6.54 Å². The van der Waals surface area contributed by atoms with Gasteiger partial charge in [-0.25, -0.2) is 0 Å². The van der Waals surface area contributed by atoms with Gasteiger partial charge in [-0.05, 0) is 88.7 Å². The van der Waals surface area contributed by atoms with Crippen LogP contribution in [0.15, 0.2) is 79.0 Å². The predicted octanol–water partition coefficient (Wildman–Crippen LogP) is 7.18. The summed E-state index contributed by atoms with van der Waals surface area (Å²) < 4.78 is 39.6. The molecule has 3 aromatic rings. The van der Waals surface area contributed by atoms with Gasteiger partial charge in [-0.2, -0.15) is 13.2 Å². The zero-order chi connectivity index (χ0) is 22.7. The first kappa shape index (κ1) is 22.7. The van der Waals surface area contributed by atoms with Crippen LogP contribution in [0.4, 0.5) is 13.2 Å². The van der Waals surface area contributed by atoms with Gasteiger partial charge in [0.15, 0.2) is 0 Å². The molecule has 2 nitrogen and oxygen atoms in total. The third kappa shape index (κ3) is 5.46. The average Bonchev–Trinajstić information content (AvgIpc) is 3.15. The number of allylic oxidation sites excluding steroid dienone is 4. The van der Waals surface area contributed by atoms with Crippen molar-refractivity contribution in [1.82, 2.24) is 10.3 Å². The van der Waals surface area contributed by atoms with E-state index in [0.717, 1.165) is 35.3 Å². The van der Waals surface area contributed by atoms with Crippen LogP contribution >= 0.6 is 22.6 Å². The number of rotatable bonds is 7. The number of halogens is 4. The van der Waals surface area contributed by atoms with Crippen LogP contribution in [0.3, 0.4) is 0 Å². The maximum Gasteiger partial charge on any atom is 0.416 e. The lowest BCUT2D eigenvalue weighted by atomic mass is 9.90. The lowest BCUT2D eigenvalue weighted by Gasteiger charge is -2.18. The number of aromatic amines is 1. The Hall–Kier alpha value is -2.48. The number of alkyl halides is 3.